The first-order chi connectivity index (χ1) is 16.8. The number of ether oxygens (including phenoxy) is 1. The van der Waals surface area contributed by atoms with Crippen LogP contribution in [0.3, 0.4) is 0 Å². The van der Waals surface area contributed by atoms with Crippen molar-refractivity contribution >= 4 is 11.6 Å². The molecule has 2 atom stereocenters. The zero-order chi connectivity index (χ0) is 23.2. The van der Waals surface area contributed by atoms with E-state index in [1.807, 2.05) is 24.3 Å². The minimum absolute atomic E-state index is 0.145. The maximum absolute atomic E-state index is 6.49. The molecule has 1 N–H and O–H groups in total. The molecule has 1 fully saturated rings. The fraction of sp³-hybridized carbons (Fsp3) is 0.226. The highest BCUT2D eigenvalue weighted by molar-refractivity contribution is 6.30. The monoisotopic (exact) mass is 467 g/mol. The van der Waals surface area contributed by atoms with E-state index in [9.17, 15) is 0 Å². The van der Waals surface area contributed by atoms with Gasteiger partial charge in [-0.1, -0.05) is 115 Å². The molecule has 0 spiro atoms. The van der Waals surface area contributed by atoms with Gasteiger partial charge < -0.3 is 4.74 Å². The van der Waals surface area contributed by atoms with Crippen LogP contribution in [0, 0.1) is 0 Å². The topological polar surface area (TPSA) is 21.3 Å². The van der Waals surface area contributed by atoms with E-state index in [4.69, 9.17) is 16.3 Å². The summed E-state index contributed by atoms with van der Waals surface area (Å²) in [5.41, 5.74) is 4.37. The normalized spacial score (nSPS) is 18.1. The molecule has 3 heteroatoms. The highest BCUT2D eigenvalue weighted by Gasteiger charge is 2.41. The molecule has 0 aromatic heterocycles. The third kappa shape index (κ3) is 4.81. The van der Waals surface area contributed by atoms with Gasteiger partial charge in [0.25, 0.3) is 0 Å². The van der Waals surface area contributed by atoms with E-state index < -0.39 is 5.54 Å². The lowest BCUT2D eigenvalue weighted by Gasteiger charge is -2.40. The Kier molecular flexibility index (Phi) is 7.10. The standard InChI is InChI=1S/C31H30ClNO/c32-28-21-19-24(20-22-28)23-34-30-18-10-17-29(30)33-31(25-11-4-1-5-12-25,26-13-6-2-7-14-26)27-15-8-3-9-16-27/h1-9,11-16,19-22,29-30,33H,10,17-18,23H2/t29-,30-/m1/s1. The average Bonchev–Trinajstić information content (AvgIpc) is 3.35. The molecule has 172 valence electrons. The zero-order valence-corrected chi connectivity index (χ0v) is 20.0. The summed E-state index contributed by atoms with van der Waals surface area (Å²) >= 11 is 6.06. The number of nitrogens with one attached hydrogen (secondary N) is 1. The molecule has 0 bridgehead atoms. The molecular weight excluding hydrogens is 438 g/mol. The van der Waals surface area contributed by atoms with Gasteiger partial charge in [0.2, 0.25) is 0 Å². The Labute approximate surface area is 207 Å². The molecule has 1 saturated carbocycles. The van der Waals surface area contributed by atoms with Crippen molar-refractivity contribution in [1.29, 1.82) is 0 Å². The molecule has 0 radical (unpaired) electrons. The van der Waals surface area contributed by atoms with Crippen molar-refractivity contribution < 1.29 is 4.74 Å². The first kappa shape index (κ1) is 22.9. The largest absolute Gasteiger partial charge is 0.372 e. The van der Waals surface area contributed by atoms with E-state index in [-0.39, 0.29) is 12.1 Å². The van der Waals surface area contributed by atoms with Crippen LogP contribution < -0.4 is 5.32 Å². The summed E-state index contributed by atoms with van der Waals surface area (Å²) in [4.78, 5) is 0. The van der Waals surface area contributed by atoms with Crippen molar-refractivity contribution in [3.8, 4) is 0 Å². The average molecular weight is 468 g/mol. The highest BCUT2D eigenvalue weighted by atomic mass is 35.5. The van der Waals surface area contributed by atoms with Crippen molar-refractivity contribution in [2.75, 3.05) is 0 Å². The molecule has 5 rings (SSSR count). The Hall–Kier alpha value is -2.91. The minimum Gasteiger partial charge on any atom is -0.372 e. The molecule has 34 heavy (non-hydrogen) atoms. The summed E-state index contributed by atoms with van der Waals surface area (Å²) in [6.07, 6.45) is 3.43. The molecule has 4 aromatic carbocycles. The fourth-order valence-electron chi connectivity index (χ4n) is 5.17. The number of benzene rings is 4. The van der Waals surface area contributed by atoms with E-state index in [0.717, 1.165) is 29.8 Å². The summed E-state index contributed by atoms with van der Waals surface area (Å²) < 4.78 is 6.49. The van der Waals surface area contributed by atoms with Crippen LogP contribution in [-0.4, -0.2) is 12.1 Å². The second kappa shape index (κ2) is 10.6. The lowest BCUT2D eigenvalue weighted by molar-refractivity contribution is 0.0234. The van der Waals surface area contributed by atoms with E-state index in [0.29, 0.717) is 6.61 Å². The molecule has 0 amide bonds. The fourth-order valence-corrected chi connectivity index (χ4v) is 5.29. The van der Waals surface area contributed by atoms with Crippen molar-refractivity contribution in [2.45, 2.75) is 43.6 Å². The minimum atomic E-state index is -0.472. The predicted octanol–water partition coefficient (Wildman–Crippen LogP) is 7.36. The summed E-state index contributed by atoms with van der Waals surface area (Å²) in [5.74, 6) is 0. The van der Waals surface area contributed by atoms with E-state index >= 15 is 0 Å². The van der Waals surface area contributed by atoms with E-state index in [2.05, 4.69) is 96.3 Å². The van der Waals surface area contributed by atoms with Gasteiger partial charge in [-0.2, -0.15) is 0 Å². The van der Waals surface area contributed by atoms with Crippen molar-refractivity contribution in [3.63, 3.8) is 0 Å². The Balaban J connectivity index is 1.51. The maximum atomic E-state index is 6.49. The second-order valence-electron chi connectivity index (χ2n) is 9.01. The zero-order valence-electron chi connectivity index (χ0n) is 19.2. The van der Waals surface area contributed by atoms with Gasteiger partial charge in [0.15, 0.2) is 0 Å². The van der Waals surface area contributed by atoms with E-state index in [1.165, 1.54) is 16.7 Å². The second-order valence-corrected chi connectivity index (χ2v) is 9.44. The molecule has 1 aliphatic rings. The van der Waals surface area contributed by atoms with Crippen LogP contribution in [-0.2, 0) is 16.9 Å². The third-order valence-electron chi connectivity index (χ3n) is 6.85. The molecule has 0 heterocycles. The quantitative estimate of drug-likeness (QED) is 0.273. The number of rotatable bonds is 8. The smallest absolute Gasteiger partial charge is 0.0950 e. The molecule has 0 saturated heterocycles. The third-order valence-corrected chi connectivity index (χ3v) is 7.10. The van der Waals surface area contributed by atoms with Gasteiger partial charge in [0, 0.05) is 11.1 Å². The summed E-state index contributed by atoms with van der Waals surface area (Å²) in [7, 11) is 0. The maximum Gasteiger partial charge on any atom is 0.0950 e. The Morgan fingerprint density at radius 1 is 0.676 bits per heavy atom. The van der Waals surface area contributed by atoms with Gasteiger partial charge in [-0.15, -0.1) is 0 Å². The Morgan fingerprint density at radius 2 is 1.18 bits per heavy atom. The SMILES string of the molecule is Clc1ccc(CO[C@@H]2CCC[C@H]2NC(c2ccccc2)(c2ccccc2)c2ccccc2)cc1. The highest BCUT2D eigenvalue weighted by Crippen LogP contribution is 2.39. The molecule has 0 unspecified atom stereocenters. The Morgan fingerprint density at radius 3 is 1.68 bits per heavy atom. The van der Waals surface area contributed by atoms with Gasteiger partial charge in [-0.25, -0.2) is 0 Å². The first-order valence-electron chi connectivity index (χ1n) is 12.1. The van der Waals surface area contributed by atoms with Crippen LogP contribution in [0.5, 0.6) is 0 Å². The Bertz CT molecular complexity index is 1070. The number of hydrogen-bond donors (Lipinski definition) is 1. The molecule has 0 aliphatic heterocycles. The number of hydrogen-bond acceptors (Lipinski definition) is 2. The van der Waals surface area contributed by atoms with Gasteiger partial charge in [0.05, 0.1) is 18.2 Å². The lowest BCUT2D eigenvalue weighted by atomic mass is 9.76. The van der Waals surface area contributed by atoms with Crippen LogP contribution in [0.1, 0.15) is 41.5 Å². The molecular formula is C31H30ClNO. The molecule has 2 nitrogen and oxygen atoms in total. The van der Waals surface area contributed by atoms with Crippen molar-refractivity contribution in [3.05, 3.63) is 143 Å². The van der Waals surface area contributed by atoms with Gasteiger partial charge in [0.1, 0.15) is 0 Å². The molecule has 1 aliphatic carbocycles. The molecule has 4 aromatic rings. The summed E-state index contributed by atoms with van der Waals surface area (Å²) in [6, 6.07) is 40.5. The van der Waals surface area contributed by atoms with Gasteiger partial charge in [-0.3, -0.25) is 5.32 Å². The summed E-state index contributed by atoms with van der Waals surface area (Å²) in [6.45, 7) is 0.592. The predicted molar refractivity (Wildman–Crippen MR) is 140 cm³/mol. The summed E-state index contributed by atoms with van der Waals surface area (Å²) in [5, 5.41) is 4.88. The van der Waals surface area contributed by atoms with Crippen LogP contribution in [0.15, 0.2) is 115 Å². The van der Waals surface area contributed by atoms with Crippen LogP contribution in [0.4, 0.5) is 0 Å². The first-order valence-corrected chi connectivity index (χ1v) is 12.4. The van der Waals surface area contributed by atoms with Crippen molar-refractivity contribution in [2.24, 2.45) is 0 Å². The number of halogens is 1. The van der Waals surface area contributed by atoms with E-state index in [1.54, 1.807) is 0 Å². The van der Waals surface area contributed by atoms with Crippen LogP contribution in [0.2, 0.25) is 5.02 Å². The van der Waals surface area contributed by atoms with Crippen LogP contribution >= 0.6 is 11.6 Å². The van der Waals surface area contributed by atoms with Gasteiger partial charge >= 0.3 is 0 Å². The lowest BCUT2D eigenvalue weighted by Crippen LogP contribution is -2.52. The van der Waals surface area contributed by atoms with Crippen LogP contribution in [0.25, 0.3) is 0 Å². The van der Waals surface area contributed by atoms with Gasteiger partial charge in [-0.05, 0) is 53.6 Å². The van der Waals surface area contributed by atoms with Crippen molar-refractivity contribution in [1.82, 2.24) is 5.32 Å².